The van der Waals surface area contributed by atoms with Gasteiger partial charge in [0.05, 0.1) is 18.9 Å². The number of carbonyl (C=O) groups is 3. The minimum atomic E-state index is -1.16. The fourth-order valence-electron chi connectivity index (χ4n) is 2.31. The lowest BCUT2D eigenvalue weighted by molar-refractivity contribution is -0.141. The number of thioether (sulfide) groups is 1. The Morgan fingerprint density at radius 3 is 2.83 bits per heavy atom. The van der Waals surface area contributed by atoms with Crippen molar-refractivity contribution in [1.29, 1.82) is 0 Å². The van der Waals surface area contributed by atoms with Gasteiger partial charge in [-0.15, -0.1) is 11.8 Å². The normalized spacial score (nSPS) is 21.8. The van der Waals surface area contributed by atoms with Crippen molar-refractivity contribution in [2.45, 2.75) is 5.37 Å². The third-order valence-corrected chi connectivity index (χ3v) is 4.45. The van der Waals surface area contributed by atoms with Gasteiger partial charge in [0.15, 0.2) is 0 Å². The summed E-state index contributed by atoms with van der Waals surface area (Å²) in [7, 11) is 1.25. The molecular formula is C15H11NO6S. The fraction of sp³-hybridized carbons (Fsp3) is 0.133. The number of β-lactam (4-membered cyclic amide) rings is 1. The van der Waals surface area contributed by atoms with Crippen molar-refractivity contribution in [3.8, 4) is 0 Å². The van der Waals surface area contributed by atoms with Gasteiger partial charge in [-0.3, -0.25) is 9.69 Å². The van der Waals surface area contributed by atoms with E-state index in [0.29, 0.717) is 16.9 Å². The highest BCUT2D eigenvalue weighted by atomic mass is 32.2. The molecule has 3 rings (SSSR count). The molecule has 1 aromatic rings. The van der Waals surface area contributed by atoms with Gasteiger partial charge in [-0.2, -0.15) is 0 Å². The number of carboxylic acid groups (broad SMARTS) is 1. The first-order valence-electron chi connectivity index (χ1n) is 6.51. The number of aliphatic carboxylic acids is 1. The van der Waals surface area contributed by atoms with E-state index in [1.807, 2.05) is 0 Å². The number of nitrogens with zero attached hydrogens (tertiary/aromatic N) is 1. The Morgan fingerprint density at radius 1 is 1.43 bits per heavy atom. The lowest BCUT2D eigenvalue weighted by atomic mass is 9.96. The van der Waals surface area contributed by atoms with Crippen LogP contribution in [0, 0.1) is 0 Å². The lowest BCUT2D eigenvalue weighted by Gasteiger charge is -2.38. The van der Waals surface area contributed by atoms with Gasteiger partial charge in [0.1, 0.15) is 16.8 Å². The van der Waals surface area contributed by atoms with Crippen molar-refractivity contribution < 1.29 is 28.6 Å². The Kier molecular flexibility index (Phi) is 3.83. The van der Waals surface area contributed by atoms with Crippen molar-refractivity contribution in [3.63, 3.8) is 0 Å². The summed E-state index contributed by atoms with van der Waals surface area (Å²) < 4.78 is 9.86. The predicted molar refractivity (Wildman–Crippen MR) is 80.7 cm³/mol. The Bertz CT molecular complexity index is 774. The molecule has 0 spiro atoms. The number of hydrogen-bond acceptors (Lipinski definition) is 6. The molecule has 2 aliphatic heterocycles. The first kappa shape index (κ1) is 15.2. The largest absolute Gasteiger partial charge is 0.477 e. The Hall–Kier alpha value is -2.74. The van der Waals surface area contributed by atoms with Crippen LogP contribution in [-0.2, 0) is 19.1 Å². The molecular weight excluding hydrogens is 322 g/mol. The van der Waals surface area contributed by atoms with Crippen LogP contribution in [0.15, 0.2) is 51.6 Å². The van der Waals surface area contributed by atoms with E-state index in [4.69, 9.17) is 9.52 Å². The van der Waals surface area contributed by atoms with Crippen molar-refractivity contribution in [3.05, 3.63) is 53.0 Å². The van der Waals surface area contributed by atoms with Crippen LogP contribution in [0.2, 0.25) is 0 Å². The van der Waals surface area contributed by atoms with E-state index in [1.165, 1.54) is 47.6 Å². The number of carbonyl (C=O) groups excluding carboxylic acids is 2. The van der Waals surface area contributed by atoms with Crippen molar-refractivity contribution in [1.82, 2.24) is 4.90 Å². The van der Waals surface area contributed by atoms with Gasteiger partial charge >= 0.3 is 11.9 Å². The molecule has 0 unspecified atom stereocenters. The molecule has 8 heteroatoms. The third kappa shape index (κ3) is 2.46. The molecule has 0 aromatic carbocycles. The molecule has 118 valence electrons. The highest BCUT2D eigenvalue weighted by Gasteiger charge is 2.51. The van der Waals surface area contributed by atoms with Gasteiger partial charge in [0.2, 0.25) is 0 Å². The SMILES string of the molecule is COC(=O)C=CC(=C1C(=O)N2C(C(=O)O)=CS[C@H]12)c1ccco1. The maximum atomic E-state index is 12.4. The minimum absolute atomic E-state index is 0.0514. The van der Waals surface area contributed by atoms with E-state index >= 15 is 0 Å². The van der Waals surface area contributed by atoms with Gasteiger partial charge < -0.3 is 14.3 Å². The van der Waals surface area contributed by atoms with Gasteiger partial charge in [0.25, 0.3) is 5.91 Å². The summed E-state index contributed by atoms with van der Waals surface area (Å²) in [5.41, 5.74) is 0.765. The number of rotatable bonds is 4. The van der Waals surface area contributed by atoms with Crippen LogP contribution < -0.4 is 0 Å². The maximum Gasteiger partial charge on any atom is 0.353 e. The summed E-state index contributed by atoms with van der Waals surface area (Å²) in [5.74, 6) is -1.73. The molecule has 0 aliphatic carbocycles. The molecule has 1 amide bonds. The zero-order chi connectivity index (χ0) is 16.6. The van der Waals surface area contributed by atoms with Crippen LogP contribution in [0.25, 0.3) is 5.57 Å². The number of fused-ring (bicyclic) bond motifs is 1. The molecule has 0 bridgehead atoms. The molecule has 7 nitrogen and oxygen atoms in total. The van der Waals surface area contributed by atoms with Gasteiger partial charge in [-0.1, -0.05) is 0 Å². The number of hydrogen-bond donors (Lipinski definition) is 1. The number of furan rings is 1. The molecule has 1 N–H and O–H groups in total. The zero-order valence-corrected chi connectivity index (χ0v) is 12.7. The second-order valence-corrected chi connectivity index (χ2v) is 5.59. The smallest absolute Gasteiger partial charge is 0.353 e. The second kappa shape index (κ2) is 5.81. The van der Waals surface area contributed by atoms with E-state index < -0.39 is 23.2 Å². The van der Waals surface area contributed by atoms with E-state index in [9.17, 15) is 14.4 Å². The first-order chi connectivity index (χ1) is 11.0. The Labute approximate surface area is 134 Å². The number of carboxylic acids is 1. The van der Waals surface area contributed by atoms with Gasteiger partial charge in [-0.25, -0.2) is 9.59 Å². The standard InChI is InChI=1S/C15H11NO6S/c1-21-11(17)5-4-8(10-3-2-6-22-10)12-13(18)16-9(15(19)20)7-23-14(12)16/h2-7,14H,1H3,(H,19,20)/t14-/m1/s1. The molecule has 3 heterocycles. The average molecular weight is 333 g/mol. The van der Waals surface area contributed by atoms with Gasteiger partial charge in [0, 0.05) is 17.1 Å². The molecule has 1 atom stereocenters. The summed E-state index contributed by atoms with van der Waals surface area (Å²) in [6.07, 6.45) is 4.08. The first-order valence-corrected chi connectivity index (χ1v) is 7.45. The summed E-state index contributed by atoms with van der Waals surface area (Å²) in [4.78, 5) is 36.0. The number of esters is 1. The topological polar surface area (TPSA) is 97.1 Å². The summed E-state index contributed by atoms with van der Waals surface area (Å²) in [5, 5.41) is 10.1. The highest BCUT2D eigenvalue weighted by molar-refractivity contribution is 8.03. The fourth-order valence-corrected chi connectivity index (χ4v) is 3.48. The van der Waals surface area contributed by atoms with Crippen molar-refractivity contribution in [2.75, 3.05) is 7.11 Å². The molecule has 0 saturated carbocycles. The number of allylic oxidation sites excluding steroid dienone is 2. The maximum absolute atomic E-state index is 12.4. The molecule has 1 saturated heterocycles. The van der Waals surface area contributed by atoms with Crippen LogP contribution >= 0.6 is 11.8 Å². The van der Waals surface area contributed by atoms with Crippen molar-refractivity contribution >= 4 is 35.2 Å². The second-order valence-electron chi connectivity index (χ2n) is 4.63. The van der Waals surface area contributed by atoms with E-state index in [0.717, 1.165) is 0 Å². The number of ether oxygens (including phenoxy) is 1. The lowest BCUT2D eigenvalue weighted by Crippen LogP contribution is -2.51. The average Bonchev–Trinajstić information content (AvgIpc) is 3.17. The molecule has 23 heavy (non-hydrogen) atoms. The van der Waals surface area contributed by atoms with E-state index in [1.54, 1.807) is 12.1 Å². The van der Waals surface area contributed by atoms with Crippen LogP contribution in [0.1, 0.15) is 5.76 Å². The van der Waals surface area contributed by atoms with E-state index in [-0.39, 0.29) is 5.70 Å². The third-order valence-electron chi connectivity index (χ3n) is 3.38. The van der Waals surface area contributed by atoms with Crippen LogP contribution in [0.4, 0.5) is 0 Å². The molecule has 1 fully saturated rings. The quantitative estimate of drug-likeness (QED) is 0.508. The predicted octanol–water partition coefficient (Wildman–Crippen LogP) is 1.60. The molecule has 1 aromatic heterocycles. The Balaban J connectivity index is 2.00. The zero-order valence-electron chi connectivity index (χ0n) is 11.9. The summed E-state index contributed by atoms with van der Waals surface area (Å²) in [6.45, 7) is 0. The summed E-state index contributed by atoms with van der Waals surface area (Å²) >= 11 is 1.22. The monoisotopic (exact) mass is 333 g/mol. The highest BCUT2D eigenvalue weighted by Crippen LogP contribution is 2.47. The van der Waals surface area contributed by atoms with Crippen LogP contribution in [0.3, 0.4) is 0 Å². The van der Waals surface area contributed by atoms with Crippen LogP contribution in [0.5, 0.6) is 0 Å². The number of amides is 1. The van der Waals surface area contributed by atoms with Gasteiger partial charge in [-0.05, 0) is 18.2 Å². The Morgan fingerprint density at radius 2 is 2.22 bits per heavy atom. The molecule has 0 radical (unpaired) electrons. The van der Waals surface area contributed by atoms with E-state index in [2.05, 4.69) is 4.74 Å². The minimum Gasteiger partial charge on any atom is -0.477 e. The van der Waals surface area contributed by atoms with Crippen LogP contribution in [-0.4, -0.2) is 40.3 Å². The number of methoxy groups -OCH3 is 1. The summed E-state index contributed by atoms with van der Waals surface area (Å²) in [6, 6.07) is 3.32. The molecule has 2 aliphatic rings. The van der Waals surface area contributed by atoms with Crippen molar-refractivity contribution in [2.24, 2.45) is 0 Å².